The Morgan fingerprint density at radius 2 is 1.19 bits per heavy atom. The van der Waals surface area contributed by atoms with E-state index in [4.69, 9.17) is 0 Å². The largest absolute Gasteiger partial charge is 0.310 e. The maximum absolute atomic E-state index is 12.0. The quantitative estimate of drug-likeness (QED) is 0.569. The van der Waals surface area contributed by atoms with Crippen molar-refractivity contribution in [2.75, 3.05) is 12.8 Å². The molecule has 3 heteroatoms. The third kappa shape index (κ3) is 4.15. The van der Waals surface area contributed by atoms with E-state index in [-0.39, 0.29) is 16.6 Å². The normalized spacial score (nSPS) is 12.5. The Bertz CT molecular complexity index is 753. The van der Waals surface area contributed by atoms with Crippen molar-refractivity contribution in [1.29, 1.82) is 0 Å². The molecule has 0 aliphatic heterocycles. The van der Waals surface area contributed by atoms with E-state index in [1.54, 1.807) is 18.7 Å². The minimum absolute atomic E-state index is 0.160. The summed E-state index contributed by atoms with van der Waals surface area (Å²) >= 11 is 1.81. The van der Waals surface area contributed by atoms with Crippen LogP contribution in [-0.4, -0.2) is 24.6 Å². The van der Waals surface area contributed by atoms with Gasteiger partial charge in [0.1, 0.15) is 5.78 Å². The Morgan fingerprint density at radius 3 is 1.48 bits per heavy atom. The fraction of sp³-hybridized carbons (Fsp3) is 0.208. The van der Waals surface area contributed by atoms with Crippen molar-refractivity contribution in [3.05, 3.63) is 108 Å². The van der Waals surface area contributed by atoms with Crippen LogP contribution in [0.3, 0.4) is 0 Å². The van der Waals surface area contributed by atoms with Gasteiger partial charge in [-0.3, -0.25) is 4.79 Å². The molecule has 3 rings (SSSR count). The van der Waals surface area contributed by atoms with E-state index < -0.39 is 0 Å². The maximum atomic E-state index is 12.0. The third-order valence-corrected chi connectivity index (χ3v) is 6.49. The Balaban J connectivity index is 2.18. The summed E-state index contributed by atoms with van der Waals surface area (Å²) in [7, 11) is 1.85. The molecule has 0 radical (unpaired) electrons. The molecular formula is C24H25NOS. The van der Waals surface area contributed by atoms with Gasteiger partial charge in [0.05, 0.1) is 10.8 Å². The lowest BCUT2D eigenvalue weighted by Gasteiger charge is -2.36. The van der Waals surface area contributed by atoms with E-state index in [1.165, 1.54) is 16.7 Å². The first-order chi connectivity index (χ1) is 13.2. The van der Waals surface area contributed by atoms with Crippen LogP contribution in [0.25, 0.3) is 0 Å². The molecule has 0 aromatic heterocycles. The monoisotopic (exact) mass is 375 g/mol. The van der Waals surface area contributed by atoms with E-state index in [9.17, 15) is 4.79 Å². The van der Waals surface area contributed by atoms with Crippen LogP contribution in [0, 0.1) is 0 Å². The van der Waals surface area contributed by atoms with Gasteiger partial charge in [-0.25, -0.2) is 0 Å². The number of likely N-dealkylation sites (N-methyl/N-ethyl adjacent to an activating group) is 1. The van der Waals surface area contributed by atoms with E-state index in [0.29, 0.717) is 5.75 Å². The highest BCUT2D eigenvalue weighted by Crippen LogP contribution is 2.48. The number of hydrogen-bond acceptors (Lipinski definition) is 3. The molecule has 0 saturated heterocycles. The van der Waals surface area contributed by atoms with Gasteiger partial charge >= 0.3 is 0 Å². The number of Topliss-reactive ketones (excluding diaryl/α,β-unsaturated/α-hetero) is 1. The van der Waals surface area contributed by atoms with Crippen LogP contribution in [-0.2, 0) is 9.54 Å². The molecule has 27 heavy (non-hydrogen) atoms. The van der Waals surface area contributed by atoms with Crippen molar-refractivity contribution < 1.29 is 4.79 Å². The highest BCUT2D eigenvalue weighted by atomic mass is 32.2. The zero-order chi connectivity index (χ0) is 19.1. The van der Waals surface area contributed by atoms with Crippen LogP contribution < -0.4 is 5.32 Å². The molecule has 3 aromatic rings. The number of ketones is 1. The summed E-state index contributed by atoms with van der Waals surface area (Å²) in [5.74, 6) is 0.845. The van der Waals surface area contributed by atoms with Crippen LogP contribution in [0.1, 0.15) is 23.6 Å². The molecule has 1 atom stereocenters. The van der Waals surface area contributed by atoms with Gasteiger partial charge in [-0.05, 0) is 30.7 Å². The lowest BCUT2D eigenvalue weighted by molar-refractivity contribution is -0.118. The molecule has 0 spiro atoms. The van der Waals surface area contributed by atoms with Gasteiger partial charge in [0, 0.05) is 5.75 Å². The van der Waals surface area contributed by atoms with E-state index in [2.05, 4.69) is 78.1 Å². The van der Waals surface area contributed by atoms with Gasteiger partial charge in [-0.15, -0.1) is 11.8 Å². The fourth-order valence-corrected chi connectivity index (χ4v) is 5.11. The average molecular weight is 376 g/mol. The van der Waals surface area contributed by atoms with Crippen LogP contribution >= 0.6 is 11.8 Å². The Labute approximate surface area is 166 Å². The van der Waals surface area contributed by atoms with E-state index in [0.717, 1.165) is 0 Å². The Hall–Kier alpha value is -2.36. The zero-order valence-corrected chi connectivity index (χ0v) is 16.6. The standard InChI is InChI=1S/C24H25NOS/c1-19(26)23(25-2)18-27-24(20-12-6-3-7-13-20,21-14-8-4-9-15-21)22-16-10-5-11-17-22/h3-17,23,25H,18H2,1-2H3/t23-/m1/s1. The van der Waals surface area contributed by atoms with Crippen molar-refractivity contribution in [2.24, 2.45) is 0 Å². The number of thioether (sulfide) groups is 1. The van der Waals surface area contributed by atoms with Gasteiger partial charge in [0.15, 0.2) is 0 Å². The summed E-state index contributed by atoms with van der Waals surface area (Å²) in [6.45, 7) is 1.65. The number of nitrogens with one attached hydrogen (secondary N) is 1. The smallest absolute Gasteiger partial charge is 0.147 e. The SMILES string of the molecule is CN[C@H](CSC(c1ccccc1)(c1ccccc1)c1ccccc1)C(C)=O. The molecule has 3 aromatic carbocycles. The van der Waals surface area contributed by atoms with Gasteiger partial charge in [-0.2, -0.15) is 0 Å². The second-order valence-electron chi connectivity index (χ2n) is 6.54. The predicted octanol–water partition coefficient (Wildman–Crippen LogP) is 4.89. The third-order valence-electron chi connectivity index (χ3n) is 4.85. The van der Waals surface area contributed by atoms with Gasteiger partial charge in [0.25, 0.3) is 0 Å². The average Bonchev–Trinajstić information content (AvgIpc) is 2.73. The highest BCUT2D eigenvalue weighted by molar-refractivity contribution is 8.00. The topological polar surface area (TPSA) is 29.1 Å². The lowest BCUT2D eigenvalue weighted by Crippen LogP contribution is -2.37. The first-order valence-electron chi connectivity index (χ1n) is 9.16. The van der Waals surface area contributed by atoms with Crippen molar-refractivity contribution in [1.82, 2.24) is 5.32 Å². The van der Waals surface area contributed by atoms with Crippen molar-refractivity contribution >= 4 is 17.5 Å². The Morgan fingerprint density at radius 1 is 0.815 bits per heavy atom. The van der Waals surface area contributed by atoms with E-state index in [1.807, 2.05) is 25.2 Å². The predicted molar refractivity (Wildman–Crippen MR) is 115 cm³/mol. The molecule has 2 nitrogen and oxygen atoms in total. The maximum Gasteiger partial charge on any atom is 0.147 e. The summed E-state index contributed by atoms with van der Waals surface area (Å²) in [5.41, 5.74) is 3.64. The second kappa shape index (κ2) is 9.03. The Kier molecular flexibility index (Phi) is 6.49. The van der Waals surface area contributed by atoms with Crippen molar-refractivity contribution in [3.63, 3.8) is 0 Å². The summed E-state index contributed by atoms with van der Waals surface area (Å²) < 4.78 is -0.381. The fourth-order valence-electron chi connectivity index (χ4n) is 3.38. The van der Waals surface area contributed by atoms with Crippen LogP contribution in [0.15, 0.2) is 91.0 Å². The summed E-state index contributed by atoms with van der Waals surface area (Å²) in [4.78, 5) is 12.0. The number of hydrogen-bond donors (Lipinski definition) is 1. The van der Waals surface area contributed by atoms with Gasteiger partial charge in [-0.1, -0.05) is 91.0 Å². The molecule has 0 aliphatic carbocycles. The highest BCUT2D eigenvalue weighted by Gasteiger charge is 2.37. The molecule has 0 heterocycles. The molecule has 0 aliphatic rings. The van der Waals surface area contributed by atoms with Gasteiger partial charge < -0.3 is 5.32 Å². The number of carbonyl (C=O) groups is 1. The van der Waals surface area contributed by atoms with Crippen LogP contribution in [0.4, 0.5) is 0 Å². The van der Waals surface area contributed by atoms with E-state index >= 15 is 0 Å². The molecule has 0 amide bonds. The molecule has 0 fully saturated rings. The van der Waals surface area contributed by atoms with Crippen molar-refractivity contribution in [3.8, 4) is 0 Å². The van der Waals surface area contributed by atoms with Crippen LogP contribution in [0.5, 0.6) is 0 Å². The molecule has 0 unspecified atom stereocenters. The molecule has 138 valence electrons. The molecule has 0 bridgehead atoms. The van der Waals surface area contributed by atoms with Crippen molar-refractivity contribution in [2.45, 2.75) is 17.7 Å². The summed E-state index contributed by atoms with van der Waals surface area (Å²) in [6, 6.07) is 31.5. The summed E-state index contributed by atoms with van der Waals surface area (Å²) in [6.07, 6.45) is 0. The molecule has 1 N–H and O–H groups in total. The first kappa shape index (κ1) is 19.4. The summed E-state index contributed by atoms with van der Waals surface area (Å²) in [5, 5.41) is 3.16. The minimum Gasteiger partial charge on any atom is -0.310 e. The zero-order valence-electron chi connectivity index (χ0n) is 15.8. The minimum atomic E-state index is -0.381. The first-order valence-corrected chi connectivity index (χ1v) is 10.2. The molecule has 0 saturated carbocycles. The number of benzene rings is 3. The molecular weight excluding hydrogens is 350 g/mol. The van der Waals surface area contributed by atoms with Gasteiger partial charge in [0.2, 0.25) is 0 Å². The second-order valence-corrected chi connectivity index (χ2v) is 7.78. The lowest BCUT2D eigenvalue weighted by atomic mass is 9.84. The number of rotatable bonds is 8. The van der Waals surface area contributed by atoms with Crippen LogP contribution in [0.2, 0.25) is 0 Å². The number of carbonyl (C=O) groups excluding carboxylic acids is 1.